The Kier molecular flexibility index (Phi) is 6.36. The Bertz CT molecular complexity index is 1320. The van der Waals surface area contributed by atoms with Crippen LogP contribution in [0.2, 0.25) is 0 Å². The summed E-state index contributed by atoms with van der Waals surface area (Å²) in [6.45, 7) is 0.381. The minimum atomic E-state index is -2.19. The van der Waals surface area contributed by atoms with Gasteiger partial charge in [-0.05, 0) is 46.5 Å². The zero-order chi connectivity index (χ0) is 22.7. The van der Waals surface area contributed by atoms with E-state index in [4.69, 9.17) is 5.73 Å². The molecule has 0 saturated carbocycles. The summed E-state index contributed by atoms with van der Waals surface area (Å²) in [5.74, 6) is -0.493. The number of benzene rings is 3. The van der Waals surface area contributed by atoms with Crippen LogP contribution in [0.15, 0.2) is 83.8 Å². The molecule has 0 radical (unpaired) electrons. The molecule has 4 aromatic rings. The normalized spacial score (nSPS) is 12.0. The number of hydrogen-bond acceptors (Lipinski definition) is 5. The van der Waals surface area contributed by atoms with Crippen LogP contribution in [0.25, 0.3) is 27.9 Å². The molecule has 0 amide bonds. The highest BCUT2D eigenvalue weighted by atomic mass is 32.2. The van der Waals surface area contributed by atoms with Crippen molar-refractivity contribution in [3.63, 3.8) is 0 Å². The zero-order valence-electron chi connectivity index (χ0n) is 16.9. The third kappa shape index (κ3) is 4.57. The molecule has 1 heterocycles. The van der Waals surface area contributed by atoms with Gasteiger partial charge in [-0.15, -0.1) is 0 Å². The molecule has 3 aromatic carbocycles. The number of nitrogens with two attached hydrogens (primary N) is 1. The molecule has 4 rings (SSSR count). The van der Waals surface area contributed by atoms with E-state index in [1.165, 1.54) is 28.9 Å². The summed E-state index contributed by atoms with van der Waals surface area (Å²) >= 11 is -2.19. The summed E-state index contributed by atoms with van der Waals surface area (Å²) in [7, 11) is 0. The van der Waals surface area contributed by atoms with Crippen LogP contribution in [0.1, 0.15) is 11.1 Å². The minimum Gasteiger partial charge on any atom is -0.772 e. The fraction of sp³-hybridized carbons (Fsp3) is 0.0833. The highest BCUT2D eigenvalue weighted by Crippen LogP contribution is 2.30. The molecule has 162 valence electrons. The molecule has 0 aliphatic rings. The van der Waals surface area contributed by atoms with E-state index in [9.17, 15) is 17.9 Å². The van der Waals surface area contributed by atoms with Gasteiger partial charge in [-0.25, -0.2) is 4.39 Å². The topological polar surface area (TPSA) is 101 Å². The quantitative estimate of drug-likeness (QED) is 0.455. The first kappa shape index (κ1) is 21.8. The predicted molar refractivity (Wildman–Crippen MR) is 121 cm³/mol. The summed E-state index contributed by atoms with van der Waals surface area (Å²) in [5.41, 5.74) is 9.78. The molecule has 0 bridgehead atoms. The van der Waals surface area contributed by atoms with Gasteiger partial charge in [0.1, 0.15) is 5.82 Å². The fourth-order valence-corrected chi connectivity index (χ4v) is 3.91. The van der Waals surface area contributed by atoms with Crippen LogP contribution in [0.4, 0.5) is 4.39 Å². The first-order chi connectivity index (χ1) is 15.5. The first-order valence-electron chi connectivity index (χ1n) is 9.79. The van der Waals surface area contributed by atoms with Gasteiger partial charge >= 0.3 is 0 Å². The molecule has 8 heteroatoms. The lowest BCUT2D eigenvalue weighted by Crippen LogP contribution is -2.23. The molecule has 0 spiro atoms. The van der Waals surface area contributed by atoms with Crippen molar-refractivity contribution in [1.82, 2.24) is 9.78 Å². The highest BCUT2D eigenvalue weighted by molar-refractivity contribution is 7.78. The lowest BCUT2D eigenvalue weighted by molar-refractivity contribution is 0.536. The second-order valence-electron chi connectivity index (χ2n) is 7.17. The van der Waals surface area contributed by atoms with E-state index in [1.807, 2.05) is 24.3 Å². The summed E-state index contributed by atoms with van der Waals surface area (Å²) in [6.07, 6.45) is 1.58. The van der Waals surface area contributed by atoms with Crippen molar-refractivity contribution in [1.29, 1.82) is 0 Å². The Morgan fingerprint density at radius 3 is 2.09 bits per heavy atom. The van der Waals surface area contributed by atoms with Crippen LogP contribution < -0.4 is 11.3 Å². The van der Waals surface area contributed by atoms with Crippen LogP contribution in [0.3, 0.4) is 0 Å². The van der Waals surface area contributed by atoms with Crippen molar-refractivity contribution in [3.05, 3.63) is 106 Å². The lowest BCUT2D eigenvalue weighted by atomic mass is 9.96. The number of aromatic nitrogens is 2. The van der Waals surface area contributed by atoms with Crippen LogP contribution in [0, 0.1) is 5.82 Å². The van der Waals surface area contributed by atoms with E-state index in [0.717, 1.165) is 11.1 Å². The van der Waals surface area contributed by atoms with E-state index in [1.54, 1.807) is 30.5 Å². The summed E-state index contributed by atoms with van der Waals surface area (Å²) in [5, 5.41) is 4.31. The monoisotopic (exact) mass is 448 g/mol. The predicted octanol–water partition coefficient (Wildman–Crippen LogP) is 3.54. The van der Waals surface area contributed by atoms with Gasteiger partial charge in [0.15, 0.2) is 0 Å². The molecule has 0 aliphatic heterocycles. The van der Waals surface area contributed by atoms with Crippen LogP contribution in [-0.4, -0.2) is 18.5 Å². The Morgan fingerprint density at radius 1 is 0.906 bits per heavy atom. The van der Waals surface area contributed by atoms with E-state index in [-0.39, 0.29) is 11.3 Å². The van der Waals surface area contributed by atoms with Crippen molar-refractivity contribution < 1.29 is 13.2 Å². The lowest BCUT2D eigenvalue weighted by Gasteiger charge is -2.14. The van der Waals surface area contributed by atoms with E-state index < -0.39 is 16.9 Å². The van der Waals surface area contributed by atoms with Gasteiger partial charge in [0.2, 0.25) is 0 Å². The van der Waals surface area contributed by atoms with E-state index >= 15 is 0 Å². The smallest absolute Gasteiger partial charge is 0.279 e. The molecular weight excluding hydrogens is 429 g/mol. The molecule has 32 heavy (non-hydrogen) atoms. The van der Waals surface area contributed by atoms with Crippen molar-refractivity contribution >= 4 is 11.1 Å². The van der Waals surface area contributed by atoms with Crippen molar-refractivity contribution in [2.75, 3.05) is 0 Å². The van der Waals surface area contributed by atoms with Gasteiger partial charge in [-0.3, -0.25) is 9.00 Å². The van der Waals surface area contributed by atoms with Crippen LogP contribution in [-0.2, 0) is 23.4 Å². The zero-order valence-corrected chi connectivity index (χ0v) is 17.7. The molecule has 1 atom stereocenters. The summed E-state index contributed by atoms with van der Waals surface area (Å²) in [6, 6.07) is 19.8. The average molecular weight is 448 g/mol. The Labute approximate surface area is 186 Å². The van der Waals surface area contributed by atoms with E-state index in [0.29, 0.717) is 34.5 Å². The van der Waals surface area contributed by atoms with Gasteiger partial charge < -0.3 is 10.3 Å². The molecule has 1 aromatic heterocycles. The maximum atomic E-state index is 13.5. The van der Waals surface area contributed by atoms with Crippen LogP contribution >= 0.6 is 0 Å². The molecule has 0 aliphatic carbocycles. The second kappa shape index (κ2) is 9.35. The van der Waals surface area contributed by atoms with Crippen molar-refractivity contribution in [2.24, 2.45) is 5.73 Å². The molecule has 1 unspecified atom stereocenters. The van der Waals surface area contributed by atoms with Crippen molar-refractivity contribution in [3.8, 4) is 27.9 Å². The van der Waals surface area contributed by atoms with E-state index in [2.05, 4.69) is 5.10 Å². The van der Waals surface area contributed by atoms with Gasteiger partial charge in [0.25, 0.3) is 5.56 Å². The standard InChI is InChI=1S/C24H20FN3O3S/c25-20-9-11-21(12-10-20)28-24(29)23(19-7-1-16(13-26)2-8-19)22(14-27-28)18-5-3-17(4-6-18)15-32(30)31/h1-12,14H,13,15,26H2,(H,30,31)/p-1. The largest absolute Gasteiger partial charge is 0.772 e. The van der Waals surface area contributed by atoms with Crippen LogP contribution in [0.5, 0.6) is 0 Å². The van der Waals surface area contributed by atoms with Gasteiger partial charge in [0, 0.05) is 17.9 Å². The van der Waals surface area contributed by atoms with Gasteiger partial charge in [-0.2, -0.15) is 9.78 Å². The molecular formula is C24H19FN3O3S-. The summed E-state index contributed by atoms with van der Waals surface area (Å²) < 4.78 is 36.5. The summed E-state index contributed by atoms with van der Waals surface area (Å²) in [4.78, 5) is 13.5. The minimum absolute atomic E-state index is 0.0852. The molecule has 0 saturated heterocycles. The number of halogens is 1. The maximum Gasteiger partial charge on any atom is 0.279 e. The first-order valence-corrected chi connectivity index (χ1v) is 11.0. The number of hydrogen-bond donors (Lipinski definition) is 1. The molecule has 6 nitrogen and oxygen atoms in total. The third-order valence-corrected chi connectivity index (χ3v) is 5.65. The molecule has 2 N–H and O–H groups in total. The Hall–Kier alpha value is -3.46. The van der Waals surface area contributed by atoms with Gasteiger partial charge in [0.05, 0.1) is 17.4 Å². The highest BCUT2D eigenvalue weighted by Gasteiger charge is 2.16. The Morgan fingerprint density at radius 2 is 1.50 bits per heavy atom. The van der Waals surface area contributed by atoms with Gasteiger partial charge in [-0.1, -0.05) is 59.6 Å². The fourth-order valence-electron chi connectivity index (χ4n) is 3.44. The Balaban J connectivity index is 1.89. The number of nitrogens with zero attached hydrogens (tertiary/aromatic N) is 2. The average Bonchev–Trinajstić information content (AvgIpc) is 2.80. The second-order valence-corrected chi connectivity index (χ2v) is 8.07. The maximum absolute atomic E-state index is 13.5. The third-order valence-electron chi connectivity index (χ3n) is 5.08. The van der Waals surface area contributed by atoms with Crippen molar-refractivity contribution in [2.45, 2.75) is 12.3 Å². The number of rotatable bonds is 6. The molecule has 0 fully saturated rings. The SMILES string of the molecule is NCc1ccc(-c2c(-c3ccc(CS(=O)[O-])cc3)cnn(-c3ccc(F)cc3)c2=O)cc1.